The molecule has 4 rings (SSSR count). The van der Waals surface area contributed by atoms with Crippen molar-refractivity contribution in [2.24, 2.45) is 29.2 Å². The van der Waals surface area contributed by atoms with Crippen molar-refractivity contribution in [2.45, 2.75) is 95.4 Å². The predicted octanol–water partition coefficient (Wildman–Crippen LogP) is 1.34. The highest BCUT2D eigenvalue weighted by molar-refractivity contribution is 5.95. The average molecular weight is 720 g/mol. The maximum atomic E-state index is 14.0. The molecule has 13 nitrogen and oxygen atoms in total. The summed E-state index contributed by atoms with van der Waals surface area (Å²) in [7, 11) is 0. The van der Waals surface area contributed by atoms with Crippen LogP contribution in [0, 0.1) is 17.8 Å². The summed E-state index contributed by atoms with van der Waals surface area (Å²) in [6.07, 6.45) is 4.25. The topological polar surface area (TPSA) is 209 Å². The first kappa shape index (κ1) is 40.4. The number of nitrogens with two attached hydrogens (primary N) is 2. The van der Waals surface area contributed by atoms with Crippen LogP contribution in [0.4, 0.5) is 0 Å². The number of carbonyl (C=O) groups is 5. The van der Waals surface area contributed by atoms with Crippen LogP contribution in [0.5, 0.6) is 0 Å². The third-order valence-corrected chi connectivity index (χ3v) is 10.0. The van der Waals surface area contributed by atoms with Crippen LogP contribution in [0.2, 0.25) is 0 Å². The van der Waals surface area contributed by atoms with Crippen molar-refractivity contribution in [3.63, 3.8) is 0 Å². The Morgan fingerprint density at radius 1 is 0.750 bits per heavy atom. The smallest absolute Gasteiger partial charge is 0.317 e. The second-order valence-corrected chi connectivity index (χ2v) is 14.8. The van der Waals surface area contributed by atoms with E-state index in [1.807, 2.05) is 79.4 Å². The van der Waals surface area contributed by atoms with Gasteiger partial charge < -0.3 is 37.8 Å². The van der Waals surface area contributed by atoms with E-state index in [2.05, 4.69) is 21.3 Å². The van der Waals surface area contributed by atoms with Gasteiger partial charge in [0.1, 0.15) is 18.1 Å². The molecular weight excluding hydrogens is 662 g/mol. The van der Waals surface area contributed by atoms with Crippen LogP contribution >= 0.6 is 0 Å². The Kier molecular flexibility index (Phi) is 15.6. The minimum Gasteiger partial charge on any atom is -0.480 e. The SMILES string of the molecule is CC(C)CC(NC(=O)C(Cc1ccccc1)NC(=O)C(N)Cc1ccccc1)C(=O)NC(CCCCN)C(=O)NC1C2CCC1CN(CC(=O)O)C2. The molecule has 0 aromatic heterocycles. The molecular formula is C39H57N7O6. The highest BCUT2D eigenvalue weighted by Crippen LogP contribution is 2.37. The Morgan fingerprint density at radius 3 is 1.85 bits per heavy atom. The Hall–Kier alpha value is -4.33. The number of carbonyl (C=O) groups excluding carboxylic acids is 4. The van der Waals surface area contributed by atoms with Crippen molar-refractivity contribution in [3.05, 3.63) is 71.8 Å². The van der Waals surface area contributed by atoms with E-state index < -0.39 is 47.9 Å². The molecule has 1 heterocycles. The molecule has 9 N–H and O–H groups in total. The van der Waals surface area contributed by atoms with Crippen molar-refractivity contribution in [3.8, 4) is 0 Å². The molecule has 1 aliphatic carbocycles. The molecule has 0 spiro atoms. The standard InChI is InChI=1S/C39H57N7O6/c1-25(2)19-32(44-39(52)33(21-27-13-7-4-8-14-27)43-36(49)30(41)20-26-11-5-3-6-12-26)38(51)42-31(15-9-10-18-40)37(50)45-35-28-16-17-29(35)23-46(22-28)24-34(47)48/h3-8,11-14,25,28-33,35H,9-10,15-24,40-41H2,1-2H3,(H,42,51)(H,43,49)(H,44,52)(H,45,50)(H,47,48). The van der Waals surface area contributed by atoms with E-state index in [9.17, 15) is 29.1 Å². The average Bonchev–Trinajstić information content (AvgIpc) is 3.33. The van der Waals surface area contributed by atoms with E-state index in [1.165, 1.54) is 0 Å². The zero-order chi connectivity index (χ0) is 37.6. The van der Waals surface area contributed by atoms with Crippen LogP contribution in [-0.2, 0) is 36.8 Å². The van der Waals surface area contributed by atoms with E-state index >= 15 is 0 Å². The molecule has 13 heteroatoms. The number of rotatable bonds is 20. The number of nitrogens with zero attached hydrogens (tertiary/aromatic N) is 1. The van der Waals surface area contributed by atoms with Gasteiger partial charge in [0.15, 0.2) is 0 Å². The van der Waals surface area contributed by atoms with Gasteiger partial charge in [0.2, 0.25) is 23.6 Å². The number of hydrogen-bond donors (Lipinski definition) is 7. The number of aliphatic carboxylic acids is 1. The van der Waals surface area contributed by atoms with Gasteiger partial charge in [-0.1, -0.05) is 74.5 Å². The van der Waals surface area contributed by atoms with Gasteiger partial charge in [-0.25, -0.2) is 0 Å². The van der Waals surface area contributed by atoms with Crippen molar-refractivity contribution in [2.75, 3.05) is 26.2 Å². The van der Waals surface area contributed by atoms with E-state index in [0.717, 1.165) is 24.0 Å². The lowest BCUT2D eigenvalue weighted by atomic mass is 9.91. The Morgan fingerprint density at radius 2 is 1.29 bits per heavy atom. The van der Waals surface area contributed by atoms with E-state index in [4.69, 9.17) is 11.5 Å². The van der Waals surface area contributed by atoms with E-state index in [-0.39, 0.29) is 42.7 Å². The van der Waals surface area contributed by atoms with Crippen molar-refractivity contribution < 1.29 is 29.1 Å². The quantitative estimate of drug-likeness (QED) is 0.0984. The third kappa shape index (κ3) is 12.4. The maximum absolute atomic E-state index is 14.0. The second-order valence-electron chi connectivity index (χ2n) is 14.8. The summed E-state index contributed by atoms with van der Waals surface area (Å²) in [6.45, 7) is 5.50. The van der Waals surface area contributed by atoms with Gasteiger partial charge in [0.25, 0.3) is 0 Å². The third-order valence-electron chi connectivity index (χ3n) is 10.0. The van der Waals surface area contributed by atoms with Gasteiger partial charge in [-0.3, -0.25) is 28.9 Å². The number of likely N-dealkylation sites (tertiary alicyclic amines) is 1. The van der Waals surface area contributed by atoms with E-state index in [1.54, 1.807) is 0 Å². The zero-order valence-electron chi connectivity index (χ0n) is 30.5. The Balaban J connectivity index is 1.46. The predicted molar refractivity (Wildman–Crippen MR) is 199 cm³/mol. The number of amides is 4. The number of carboxylic acid groups (broad SMARTS) is 1. The number of unbranched alkanes of at least 4 members (excludes halogenated alkanes) is 1. The molecule has 1 aliphatic heterocycles. The summed E-state index contributed by atoms with van der Waals surface area (Å²) in [6, 6.07) is 14.9. The molecule has 2 fully saturated rings. The fourth-order valence-electron chi connectivity index (χ4n) is 7.45. The van der Waals surface area contributed by atoms with E-state index in [0.29, 0.717) is 51.7 Å². The summed E-state index contributed by atoms with van der Waals surface area (Å²) >= 11 is 0. The van der Waals surface area contributed by atoms with Gasteiger partial charge >= 0.3 is 5.97 Å². The molecule has 6 unspecified atom stereocenters. The fourth-order valence-corrected chi connectivity index (χ4v) is 7.45. The highest BCUT2D eigenvalue weighted by atomic mass is 16.4. The summed E-state index contributed by atoms with van der Waals surface area (Å²) in [4.78, 5) is 68.2. The van der Waals surface area contributed by atoms with Gasteiger partial charge in [0, 0.05) is 25.6 Å². The molecule has 6 atom stereocenters. The molecule has 4 amide bonds. The Bertz CT molecular complexity index is 1460. The van der Waals surface area contributed by atoms with Gasteiger partial charge in [-0.05, 0) is 80.4 Å². The van der Waals surface area contributed by atoms with Crippen molar-refractivity contribution >= 4 is 29.6 Å². The summed E-state index contributed by atoms with van der Waals surface area (Å²) in [5.74, 6) is -2.37. The maximum Gasteiger partial charge on any atom is 0.317 e. The van der Waals surface area contributed by atoms with Crippen molar-refractivity contribution in [1.29, 1.82) is 0 Å². The first-order valence-electron chi connectivity index (χ1n) is 18.6. The first-order chi connectivity index (χ1) is 24.9. The fraction of sp³-hybridized carbons (Fsp3) is 0.564. The van der Waals surface area contributed by atoms with Gasteiger partial charge in [0.05, 0.1) is 12.6 Å². The summed E-state index contributed by atoms with van der Waals surface area (Å²) in [5.41, 5.74) is 13.7. The molecule has 1 saturated heterocycles. The van der Waals surface area contributed by atoms with Crippen LogP contribution in [0.1, 0.15) is 63.5 Å². The first-order valence-corrected chi connectivity index (χ1v) is 18.6. The lowest BCUT2D eigenvalue weighted by Crippen LogP contribution is -2.60. The largest absolute Gasteiger partial charge is 0.480 e. The second kappa shape index (κ2) is 20.1. The normalized spacial score (nSPS) is 20.7. The van der Waals surface area contributed by atoms with Crippen LogP contribution in [0.3, 0.4) is 0 Å². The zero-order valence-corrected chi connectivity index (χ0v) is 30.5. The van der Waals surface area contributed by atoms with Gasteiger partial charge in [-0.15, -0.1) is 0 Å². The number of carboxylic acids is 1. The van der Waals surface area contributed by atoms with Crippen LogP contribution < -0.4 is 32.7 Å². The minimum absolute atomic E-state index is 0.0219. The highest BCUT2D eigenvalue weighted by Gasteiger charge is 2.44. The molecule has 1 saturated carbocycles. The number of piperidine rings is 1. The number of hydrogen-bond acceptors (Lipinski definition) is 8. The molecule has 2 aromatic carbocycles. The number of fused-ring (bicyclic) bond motifs is 2. The molecule has 2 aromatic rings. The summed E-state index contributed by atoms with van der Waals surface area (Å²) < 4.78 is 0. The lowest BCUT2D eigenvalue weighted by molar-refractivity contribution is -0.139. The molecule has 284 valence electrons. The number of benzene rings is 2. The molecule has 0 radical (unpaired) electrons. The lowest BCUT2D eigenvalue weighted by Gasteiger charge is -2.38. The monoisotopic (exact) mass is 719 g/mol. The summed E-state index contributed by atoms with van der Waals surface area (Å²) in [5, 5.41) is 21.1. The number of nitrogens with one attached hydrogen (secondary N) is 4. The Labute approximate surface area is 307 Å². The van der Waals surface area contributed by atoms with Crippen LogP contribution in [-0.4, -0.2) is 96.0 Å². The van der Waals surface area contributed by atoms with Crippen LogP contribution in [0.25, 0.3) is 0 Å². The van der Waals surface area contributed by atoms with Crippen LogP contribution in [0.15, 0.2) is 60.7 Å². The van der Waals surface area contributed by atoms with Gasteiger partial charge in [-0.2, -0.15) is 0 Å². The molecule has 52 heavy (non-hydrogen) atoms. The molecule has 2 bridgehead atoms. The van der Waals surface area contributed by atoms with Crippen molar-refractivity contribution in [1.82, 2.24) is 26.2 Å². The molecule has 2 aliphatic rings. The minimum atomic E-state index is -1.01.